The normalized spacial score (nSPS) is 12.3. The van der Waals surface area contributed by atoms with Crippen LogP contribution in [0.3, 0.4) is 0 Å². The first kappa shape index (κ1) is 12.5. The molecule has 0 aliphatic heterocycles. The fourth-order valence-electron chi connectivity index (χ4n) is 1.98. The summed E-state index contributed by atoms with van der Waals surface area (Å²) in [4.78, 5) is 8.62. The van der Waals surface area contributed by atoms with Crippen molar-refractivity contribution in [3.05, 3.63) is 65.7 Å². The Bertz CT molecular complexity index is 709. The number of benzene rings is 1. The molecule has 0 unspecified atom stereocenters. The Morgan fingerprint density at radius 3 is 2.65 bits per heavy atom. The quantitative estimate of drug-likeness (QED) is 0.788. The van der Waals surface area contributed by atoms with E-state index in [1.54, 1.807) is 6.20 Å². The minimum atomic E-state index is -0.429. The van der Waals surface area contributed by atoms with Gasteiger partial charge in [-0.25, -0.2) is 0 Å². The summed E-state index contributed by atoms with van der Waals surface area (Å²) in [6.45, 7) is 1.95. The monoisotopic (exact) mass is 266 g/mol. The first-order valence-electron chi connectivity index (χ1n) is 6.32. The zero-order valence-corrected chi connectivity index (χ0v) is 11.0. The lowest BCUT2D eigenvalue weighted by molar-refractivity contribution is 0.367. The second kappa shape index (κ2) is 5.22. The van der Waals surface area contributed by atoms with Crippen LogP contribution < -0.4 is 5.73 Å². The molecule has 0 bridgehead atoms. The Labute approximate surface area is 116 Å². The molecule has 2 N–H and O–H groups in total. The Hall–Kier alpha value is -2.53. The van der Waals surface area contributed by atoms with Gasteiger partial charge in [0.2, 0.25) is 11.7 Å². The highest BCUT2D eigenvalue weighted by Crippen LogP contribution is 2.22. The van der Waals surface area contributed by atoms with Crippen LogP contribution in [0.5, 0.6) is 0 Å². The van der Waals surface area contributed by atoms with Crippen molar-refractivity contribution in [2.75, 3.05) is 0 Å². The van der Waals surface area contributed by atoms with Gasteiger partial charge in [-0.15, -0.1) is 0 Å². The molecular weight excluding hydrogens is 252 g/mol. The average molecular weight is 266 g/mol. The first-order valence-corrected chi connectivity index (χ1v) is 6.32. The molecule has 0 spiro atoms. The van der Waals surface area contributed by atoms with Gasteiger partial charge in [-0.3, -0.25) is 4.98 Å². The van der Waals surface area contributed by atoms with E-state index < -0.39 is 6.04 Å². The number of hydrogen-bond acceptors (Lipinski definition) is 5. The van der Waals surface area contributed by atoms with Gasteiger partial charge in [-0.1, -0.05) is 41.6 Å². The zero-order chi connectivity index (χ0) is 13.9. The van der Waals surface area contributed by atoms with Gasteiger partial charge in [0.25, 0.3) is 0 Å². The van der Waals surface area contributed by atoms with E-state index in [1.165, 1.54) is 0 Å². The van der Waals surface area contributed by atoms with Gasteiger partial charge < -0.3 is 10.3 Å². The molecule has 0 aliphatic rings. The Balaban J connectivity index is 1.93. The van der Waals surface area contributed by atoms with Crippen LogP contribution in [0.4, 0.5) is 0 Å². The van der Waals surface area contributed by atoms with Crippen molar-refractivity contribution in [2.24, 2.45) is 5.73 Å². The van der Waals surface area contributed by atoms with E-state index >= 15 is 0 Å². The number of nitrogens with two attached hydrogens (primary N) is 1. The molecule has 1 aromatic carbocycles. The molecule has 3 aromatic rings. The molecule has 2 heterocycles. The van der Waals surface area contributed by atoms with Gasteiger partial charge in [-0.05, 0) is 24.1 Å². The van der Waals surface area contributed by atoms with Crippen LogP contribution in [0, 0.1) is 6.92 Å². The van der Waals surface area contributed by atoms with Crippen LogP contribution in [0.1, 0.15) is 23.1 Å². The van der Waals surface area contributed by atoms with Crippen molar-refractivity contribution in [3.63, 3.8) is 0 Å². The molecule has 3 rings (SSSR count). The van der Waals surface area contributed by atoms with Crippen molar-refractivity contribution in [2.45, 2.75) is 13.0 Å². The van der Waals surface area contributed by atoms with Gasteiger partial charge in [0, 0.05) is 6.20 Å². The molecule has 5 nitrogen and oxygen atoms in total. The van der Waals surface area contributed by atoms with Crippen LogP contribution in [0.2, 0.25) is 0 Å². The molecule has 20 heavy (non-hydrogen) atoms. The van der Waals surface area contributed by atoms with Crippen molar-refractivity contribution in [1.82, 2.24) is 15.1 Å². The van der Waals surface area contributed by atoms with Crippen LogP contribution in [-0.4, -0.2) is 15.1 Å². The summed E-state index contributed by atoms with van der Waals surface area (Å²) in [5.41, 5.74) is 8.76. The minimum absolute atomic E-state index is 0.385. The molecule has 5 heteroatoms. The van der Waals surface area contributed by atoms with Gasteiger partial charge in [0.1, 0.15) is 11.7 Å². The molecule has 0 saturated heterocycles. The lowest BCUT2D eigenvalue weighted by Crippen LogP contribution is -2.12. The Morgan fingerprint density at radius 1 is 1.10 bits per heavy atom. The predicted molar refractivity (Wildman–Crippen MR) is 74.7 cm³/mol. The topological polar surface area (TPSA) is 77.8 Å². The highest BCUT2D eigenvalue weighted by atomic mass is 16.5. The maximum Gasteiger partial charge on any atom is 0.248 e. The predicted octanol–water partition coefficient (Wildman–Crippen LogP) is 2.49. The van der Waals surface area contributed by atoms with E-state index in [0.29, 0.717) is 17.4 Å². The molecule has 100 valence electrons. The van der Waals surface area contributed by atoms with E-state index in [9.17, 15) is 0 Å². The summed E-state index contributed by atoms with van der Waals surface area (Å²) >= 11 is 0. The third kappa shape index (κ3) is 2.31. The minimum Gasteiger partial charge on any atom is -0.337 e. The summed E-state index contributed by atoms with van der Waals surface area (Å²) in [7, 11) is 0. The smallest absolute Gasteiger partial charge is 0.248 e. The van der Waals surface area contributed by atoms with E-state index in [2.05, 4.69) is 15.1 Å². The van der Waals surface area contributed by atoms with Crippen molar-refractivity contribution < 1.29 is 4.52 Å². The lowest BCUT2D eigenvalue weighted by Gasteiger charge is -2.05. The molecule has 0 amide bonds. The third-order valence-electron chi connectivity index (χ3n) is 3.09. The van der Waals surface area contributed by atoms with Crippen LogP contribution in [0.15, 0.2) is 53.2 Å². The number of hydrogen-bond donors (Lipinski definition) is 1. The summed E-state index contributed by atoms with van der Waals surface area (Å²) in [6, 6.07) is 13.0. The SMILES string of the molecule is Cc1cccnc1-c1noc([C@@H](N)c2ccccc2)n1. The number of pyridine rings is 1. The molecule has 0 fully saturated rings. The molecule has 0 radical (unpaired) electrons. The van der Waals surface area contributed by atoms with Crippen LogP contribution in [0.25, 0.3) is 11.5 Å². The van der Waals surface area contributed by atoms with E-state index in [4.69, 9.17) is 10.3 Å². The maximum atomic E-state index is 6.13. The maximum absolute atomic E-state index is 6.13. The fourth-order valence-corrected chi connectivity index (χ4v) is 1.98. The fraction of sp³-hybridized carbons (Fsp3) is 0.133. The standard InChI is InChI=1S/C15H14N4O/c1-10-6-5-9-17-13(10)14-18-15(20-19-14)12(16)11-7-3-2-4-8-11/h2-9,12H,16H2,1H3/t12-/m0/s1. The summed E-state index contributed by atoms with van der Waals surface area (Å²) < 4.78 is 5.26. The van der Waals surface area contributed by atoms with E-state index in [1.807, 2.05) is 49.4 Å². The molecule has 2 aromatic heterocycles. The average Bonchev–Trinajstić information content (AvgIpc) is 2.97. The van der Waals surface area contributed by atoms with Crippen LogP contribution in [-0.2, 0) is 0 Å². The molecule has 1 atom stereocenters. The molecule has 0 aliphatic carbocycles. The van der Waals surface area contributed by atoms with Crippen molar-refractivity contribution >= 4 is 0 Å². The van der Waals surface area contributed by atoms with Gasteiger partial charge in [-0.2, -0.15) is 4.98 Å². The molecule has 0 saturated carbocycles. The Kier molecular flexibility index (Phi) is 3.26. The summed E-state index contributed by atoms with van der Waals surface area (Å²) in [5.74, 6) is 0.848. The number of nitrogens with zero attached hydrogens (tertiary/aromatic N) is 3. The van der Waals surface area contributed by atoms with E-state index in [-0.39, 0.29) is 0 Å². The number of rotatable bonds is 3. The van der Waals surface area contributed by atoms with Gasteiger partial charge in [0.05, 0.1) is 0 Å². The number of aryl methyl sites for hydroxylation is 1. The second-order valence-corrected chi connectivity index (χ2v) is 4.51. The van der Waals surface area contributed by atoms with Gasteiger partial charge >= 0.3 is 0 Å². The highest BCUT2D eigenvalue weighted by molar-refractivity contribution is 5.53. The summed E-state index contributed by atoms with van der Waals surface area (Å²) in [5, 5.41) is 3.97. The van der Waals surface area contributed by atoms with Crippen molar-refractivity contribution in [1.29, 1.82) is 0 Å². The molecular formula is C15H14N4O. The first-order chi connectivity index (χ1) is 9.75. The Morgan fingerprint density at radius 2 is 1.90 bits per heavy atom. The van der Waals surface area contributed by atoms with Crippen LogP contribution >= 0.6 is 0 Å². The third-order valence-corrected chi connectivity index (χ3v) is 3.09. The lowest BCUT2D eigenvalue weighted by atomic mass is 10.1. The summed E-state index contributed by atoms with van der Waals surface area (Å²) in [6.07, 6.45) is 1.70. The van der Waals surface area contributed by atoms with E-state index in [0.717, 1.165) is 11.1 Å². The highest BCUT2D eigenvalue weighted by Gasteiger charge is 2.18. The van der Waals surface area contributed by atoms with Gasteiger partial charge in [0.15, 0.2) is 0 Å². The second-order valence-electron chi connectivity index (χ2n) is 4.51. The number of aromatic nitrogens is 3. The largest absolute Gasteiger partial charge is 0.337 e. The van der Waals surface area contributed by atoms with Crippen molar-refractivity contribution in [3.8, 4) is 11.5 Å². The zero-order valence-electron chi connectivity index (χ0n) is 11.0.